The number of nitrogens with one attached hydrogen (secondary N) is 2. The number of nitrogens with zero attached hydrogens (tertiary/aromatic N) is 3. The zero-order chi connectivity index (χ0) is 32.0. The third-order valence-corrected chi connectivity index (χ3v) is 9.63. The molecule has 0 bridgehead atoms. The lowest BCUT2D eigenvalue weighted by Crippen LogP contribution is -2.57. The Labute approximate surface area is 269 Å². The predicted molar refractivity (Wildman–Crippen MR) is 175 cm³/mol. The minimum Gasteiger partial charge on any atom is -0.409 e. The van der Waals surface area contributed by atoms with E-state index in [1.165, 1.54) is 6.07 Å². The van der Waals surface area contributed by atoms with Crippen LogP contribution in [0.5, 0.6) is 0 Å². The summed E-state index contributed by atoms with van der Waals surface area (Å²) < 4.78 is 30.8. The van der Waals surface area contributed by atoms with Crippen LogP contribution < -0.4 is 15.8 Å². The van der Waals surface area contributed by atoms with Crippen molar-refractivity contribution in [1.29, 1.82) is 0 Å². The van der Waals surface area contributed by atoms with Crippen molar-refractivity contribution in [2.75, 3.05) is 26.2 Å². The van der Waals surface area contributed by atoms with Crippen LogP contribution in [0, 0.1) is 0 Å². The van der Waals surface area contributed by atoms with Crippen molar-refractivity contribution < 1.29 is 23.2 Å². The monoisotopic (exact) mass is 692 g/mol. The molecule has 5 rings (SSSR count). The van der Waals surface area contributed by atoms with Crippen LogP contribution in [0.4, 0.5) is 4.79 Å². The fraction of sp³-hybridized carbons (Fsp3) is 0.219. The molecule has 1 saturated heterocycles. The first-order valence-electron chi connectivity index (χ1n) is 14.3. The van der Waals surface area contributed by atoms with Gasteiger partial charge in [-0.3, -0.25) is 4.79 Å². The van der Waals surface area contributed by atoms with Crippen molar-refractivity contribution in [3.8, 4) is 0 Å². The molecule has 234 valence electrons. The van der Waals surface area contributed by atoms with Gasteiger partial charge in [0.05, 0.1) is 4.90 Å². The molecule has 0 aliphatic carbocycles. The Balaban J connectivity index is 1.31. The Morgan fingerprint density at radius 2 is 1.56 bits per heavy atom. The lowest BCUT2D eigenvalue weighted by atomic mass is 10.0. The van der Waals surface area contributed by atoms with Crippen molar-refractivity contribution in [2.45, 2.75) is 23.9 Å². The van der Waals surface area contributed by atoms with Gasteiger partial charge < -0.3 is 26.1 Å². The van der Waals surface area contributed by atoms with Gasteiger partial charge >= 0.3 is 6.03 Å². The van der Waals surface area contributed by atoms with Crippen LogP contribution in [0.15, 0.2) is 106 Å². The number of fused-ring (bicyclic) bond motifs is 1. The van der Waals surface area contributed by atoms with Gasteiger partial charge in [0.2, 0.25) is 15.9 Å². The smallest absolute Gasteiger partial charge is 0.317 e. The van der Waals surface area contributed by atoms with Crippen molar-refractivity contribution in [1.82, 2.24) is 19.8 Å². The molecule has 4 aromatic carbocycles. The maximum Gasteiger partial charge on any atom is 0.317 e. The number of rotatable bonds is 9. The second-order valence-corrected chi connectivity index (χ2v) is 13.3. The van der Waals surface area contributed by atoms with E-state index in [-0.39, 0.29) is 36.3 Å². The number of hydrogen-bond donors (Lipinski definition) is 4. The van der Waals surface area contributed by atoms with Crippen LogP contribution >= 0.6 is 15.9 Å². The summed E-state index contributed by atoms with van der Waals surface area (Å²) >= 11 is 3.40. The number of carbonyl (C=O) groups excluding carboxylic acids is 2. The number of piperazine rings is 1. The molecule has 1 aliphatic heterocycles. The zero-order valence-corrected chi connectivity index (χ0v) is 26.7. The Bertz CT molecular complexity index is 1830. The number of sulfonamides is 1. The van der Waals surface area contributed by atoms with Gasteiger partial charge in [-0.25, -0.2) is 13.2 Å². The molecule has 0 spiro atoms. The van der Waals surface area contributed by atoms with Crippen molar-refractivity contribution in [3.05, 3.63) is 112 Å². The number of halogens is 1. The number of urea groups is 1. The second kappa shape index (κ2) is 14.1. The number of amides is 3. The minimum atomic E-state index is -4.11. The molecular weight excluding hydrogens is 660 g/mol. The van der Waals surface area contributed by atoms with Gasteiger partial charge in [-0.1, -0.05) is 81.7 Å². The lowest BCUT2D eigenvalue weighted by Gasteiger charge is -2.36. The zero-order valence-electron chi connectivity index (χ0n) is 24.3. The Morgan fingerprint density at radius 1 is 0.867 bits per heavy atom. The summed E-state index contributed by atoms with van der Waals surface area (Å²) in [5.74, 6) is -0.519. The van der Waals surface area contributed by atoms with Gasteiger partial charge in [0.1, 0.15) is 6.04 Å². The molecule has 1 heterocycles. The summed E-state index contributed by atoms with van der Waals surface area (Å²) in [7, 11) is -4.11. The second-order valence-electron chi connectivity index (χ2n) is 10.7. The molecule has 0 radical (unpaired) electrons. The number of benzene rings is 4. The van der Waals surface area contributed by atoms with Crippen LogP contribution in [0.1, 0.15) is 16.7 Å². The van der Waals surface area contributed by atoms with Crippen LogP contribution in [0.2, 0.25) is 0 Å². The highest BCUT2D eigenvalue weighted by molar-refractivity contribution is 9.10. The third-order valence-electron chi connectivity index (χ3n) is 7.63. The van der Waals surface area contributed by atoms with E-state index in [1.807, 2.05) is 48.5 Å². The predicted octanol–water partition coefficient (Wildman–Crippen LogP) is 3.64. The van der Waals surface area contributed by atoms with Gasteiger partial charge in [0.15, 0.2) is 5.84 Å². The maximum absolute atomic E-state index is 13.9. The molecule has 4 aromatic rings. The summed E-state index contributed by atoms with van der Waals surface area (Å²) in [6, 6.07) is 25.2. The fourth-order valence-electron chi connectivity index (χ4n) is 5.16. The summed E-state index contributed by atoms with van der Waals surface area (Å²) in [6.45, 7) is 1.43. The summed E-state index contributed by atoms with van der Waals surface area (Å²) in [6.07, 6.45) is 0.0199. The first kappa shape index (κ1) is 31.9. The van der Waals surface area contributed by atoms with Gasteiger partial charge in [0.25, 0.3) is 0 Å². The molecule has 0 aromatic heterocycles. The number of nitrogens with two attached hydrogens (primary N) is 1. The first-order valence-corrected chi connectivity index (χ1v) is 16.5. The highest BCUT2D eigenvalue weighted by atomic mass is 79.9. The number of amidine groups is 1. The molecule has 1 atom stereocenters. The van der Waals surface area contributed by atoms with Gasteiger partial charge in [0, 0.05) is 42.8 Å². The van der Waals surface area contributed by atoms with Crippen molar-refractivity contribution >= 4 is 54.5 Å². The molecule has 11 nitrogen and oxygen atoms in total. The molecule has 3 amide bonds. The topological polar surface area (TPSA) is 157 Å². The van der Waals surface area contributed by atoms with E-state index < -0.39 is 22.0 Å². The number of hydrogen-bond acceptors (Lipinski definition) is 6. The van der Waals surface area contributed by atoms with Crippen LogP contribution in [0.3, 0.4) is 0 Å². The van der Waals surface area contributed by atoms with Crippen molar-refractivity contribution in [2.24, 2.45) is 10.9 Å². The standard InChI is InChI=1S/C32H33BrN6O5S/c33-27-11-8-22(9-12-27)21-35-32(41)39-16-14-38(15-17-39)31(40)29(19-23-4-3-7-26(18-23)30(34)36-42)37-45(43,44)28-13-10-24-5-1-2-6-25(24)20-28/h1-13,18,20,29,37,42H,14-17,19,21H2,(H2,34,36)(H,35,41)/t29-/m0/s1. The van der Waals surface area contributed by atoms with Crippen molar-refractivity contribution in [3.63, 3.8) is 0 Å². The van der Waals surface area contributed by atoms with Crippen LogP contribution in [0.25, 0.3) is 10.8 Å². The van der Waals surface area contributed by atoms with E-state index >= 15 is 0 Å². The molecule has 0 saturated carbocycles. The molecule has 45 heavy (non-hydrogen) atoms. The SMILES string of the molecule is NC(=NO)c1cccc(C[C@H](NS(=O)(=O)c2ccc3ccccc3c2)C(=O)N2CCN(C(=O)NCc3ccc(Br)cc3)CC2)c1. The normalized spacial score (nSPS) is 14.7. The Morgan fingerprint density at radius 3 is 2.27 bits per heavy atom. The molecular formula is C32H33BrN6O5S. The lowest BCUT2D eigenvalue weighted by molar-refractivity contribution is -0.134. The fourth-order valence-corrected chi connectivity index (χ4v) is 6.65. The Hall–Kier alpha value is -4.46. The summed E-state index contributed by atoms with van der Waals surface area (Å²) in [5, 5.41) is 16.7. The van der Waals surface area contributed by atoms with E-state index in [0.29, 0.717) is 30.8 Å². The Kier molecular flexibility index (Phi) is 10.0. The van der Waals surface area contributed by atoms with E-state index in [1.54, 1.807) is 46.2 Å². The molecule has 1 aliphatic rings. The summed E-state index contributed by atoms with van der Waals surface area (Å²) in [5.41, 5.74) is 7.77. The maximum atomic E-state index is 13.9. The average Bonchev–Trinajstić information content (AvgIpc) is 3.06. The first-order chi connectivity index (χ1) is 21.6. The molecule has 13 heteroatoms. The quantitative estimate of drug-likeness (QED) is 0.0908. The highest BCUT2D eigenvalue weighted by Crippen LogP contribution is 2.20. The molecule has 0 unspecified atom stereocenters. The van der Waals surface area contributed by atoms with E-state index in [2.05, 4.69) is 31.1 Å². The average molecular weight is 694 g/mol. The van der Waals surface area contributed by atoms with Crippen LogP contribution in [-0.2, 0) is 27.8 Å². The van der Waals surface area contributed by atoms with E-state index in [0.717, 1.165) is 20.8 Å². The van der Waals surface area contributed by atoms with E-state index in [9.17, 15) is 18.0 Å². The van der Waals surface area contributed by atoms with E-state index in [4.69, 9.17) is 10.9 Å². The van der Waals surface area contributed by atoms with Gasteiger partial charge in [-0.15, -0.1) is 0 Å². The third kappa shape index (κ3) is 7.98. The van der Waals surface area contributed by atoms with Gasteiger partial charge in [-0.05, 0) is 58.7 Å². The number of carbonyl (C=O) groups is 2. The summed E-state index contributed by atoms with van der Waals surface area (Å²) in [4.78, 5) is 30.0. The number of oxime groups is 1. The van der Waals surface area contributed by atoms with Crippen LogP contribution in [-0.4, -0.2) is 73.4 Å². The van der Waals surface area contributed by atoms with Gasteiger partial charge in [-0.2, -0.15) is 4.72 Å². The molecule has 1 fully saturated rings. The molecule has 5 N–H and O–H groups in total. The minimum absolute atomic E-state index is 0.0199. The largest absolute Gasteiger partial charge is 0.409 e. The highest BCUT2D eigenvalue weighted by Gasteiger charge is 2.32.